The van der Waals surface area contributed by atoms with Gasteiger partial charge in [0.2, 0.25) is 5.91 Å². The summed E-state index contributed by atoms with van der Waals surface area (Å²) in [4.78, 5) is 21.2. The summed E-state index contributed by atoms with van der Waals surface area (Å²) in [6, 6.07) is 4.04. The van der Waals surface area contributed by atoms with Crippen LogP contribution < -0.4 is 0 Å². The second-order valence-corrected chi connectivity index (χ2v) is 8.17. The fourth-order valence-corrected chi connectivity index (χ4v) is 4.23. The van der Waals surface area contributed by atoms with Crippen molar-refractivity contribution >= 4 is 5.91 Å². The molecule has 3 rings (SSSR count). The van der Waals surface area contributed by atoms with E-state index in [0.717, 1.165) is 25.4 Å². The molecule has 1 aromatic rings. The van der Waals surface area contributed by atoms with Crippen LogP contribution in [-0.4, -0.2) is 46.9 Å². The van der Waals surface area contributed by atoms with Crippen molar-refractivity contribution in [2.24, 2.45) is 11.3 Å². The van der Waals surface area contributed by atoms with Gasteiger partial charge in [-0.15, -0.1) is 0 Å². The van der Waals surface area contributed by atoms with Gasteiger partial charge in [-0.1, -0.05) is 13.8 Å². The van der Waals surface area contributed by atoms with Crippen LogP contribution in [0.1, 0.15) is 51.5 Å². The third kappa shape index (κ3) is 4.35. The van der Waals surface area contributed by atoms with E-state index in [9.17, 15) is 4.79 Å². The van der Waals surface area contributed by atoms with E-state index in [2.05, 4.69) is 28.6 Å². The number of likely N-dealkylation sites (tertiary alicyclic amines) is 2. The maximum Gasteiger partial charge on any atom is 0.222 e. The van der Waals surface area contributed by atoms with Crippen LogP contribution in [0.15, 0.2) is 24.5 Å². The van der Waals surface area contributed by atoms with E-state index in [4.69, 9.17) is 0 Å². The Morgan fingerprint density at radius 3 is 2.75 bits per heavy atom. The lowest BCUT2D eigenvalue weighted by Gasteiger charge is -2.48. The number of carbonyl (C=O) groups excluding carboxylic acids is 1. The van der Waals surface area contributed by atoms with Crippen molar-refractivity contribution in [2.45, 2.75) is 52.5 Å². The maximum atomic E-state index is 12.4. The minimum absolute atomic E-state index is 0.316. The lowest BCUT2D eigenvalue weighted by Crippen LogP contribution is -2.53. The quantitative estimate of drug-likeness (QED) is 0.831. The first-order chi connectivity index (χ1) is 11.6. The van der Waals surface area contributed by atoms with E-state index in [-0.39, 0.29) is 0 Å². The molecule has 1 unspecified atom stereocenters. The SMILES string of the molecule is CC(C)CCN1CCCC2(CCC(=O)N(Cc3ccncc3)C2)C1. The highest BCUT2D eigenvalue weighted by Crippen LogP contribution is 2.39. The molecule has 2 saturated heterocycles. The second kappa shape index (κ2) is 7.64. The van der Waals surface area contributed by atoms with Gasteiger partial charge < -0.3 is 9.80 Å². The summed E-state index contributed by atoms with van der Waals surface area (Å²) in [5.74, 6) is 1.08. The van der Waals surface area contributed by atoms with Crippen LogP contribution in [0.5, 0.6) is 0 Å². The van der Waals surface area contributed by atoms with Gasteiger partial charge in [0.1, 0.15) is 0 Å². The van der Waals surface area contributed by atoms with E-state index in [1.165, 1.54) is 44.5 Å². The van der Waals surface area contributed by atoms with Crippen molar-refractivity contribution < 1.29 is 4.79 Å². The van der Waals surface area contributed by atoms with Crippen LogP contribution in [0, 0.1) is 11.3 Å². The zero-order chi connectivity index (χ0) is 17.0. The van der Waals surface area contributed by atoms with Crippen LogP contribution >= 0.6 is 0 Å². The molecule has 1 amide bonds. The number of piperidine rings is 2. The average molecular weight is 329 g/mol. The van der Waals surface area contributed by atoms with Crippen molar-refractivity contribution in [3.8, 4) is 0 Å². The first-order valence-electron chi connectivity index (χ1n) is 9.45. The summed E-state index contributed by atoms with van der Waals surface area (Å²) in [5.41, 5.74) is 1.50. The molecule has 2 fully saturated rings. The molecule has 3 heterocycles. The number of amides is 1. The van der Waals surface area contributed by atoms with Gasteiger partial charge in [0.25, 0.3) is 0 Å². The molecule has 4 nitrogen and oxygen atoms in total. The van der Waals surface area contributed by atoms with Crippen molar-refractivity contribution in [3.63, 3.8) is 0 Å². The normalized spacial score (nSPS) is 25.6. The van der Waals surface area contributed by atoms with Crippen molar-refractivity contribution in [2.75, 3.05) is 26.2 Å². The second-order valence-electron chi connectivity index (χ2n) is 8.17. The van der Waals surface area contributed by atoms with E-state index < -0.39 is 0 Å². The Morgan fingerprint density at radius 2 is 2.00 bits per heavy atom. The molecular formula is C20H31N3O. The minimum atomic E-state index is 0.316. The highest BCUT2D eigenvalue weighted by Gasteiger charge is 2.41. The number of hydrogen-bond donors (Lipinski definition) is 0. The molecule has 24 heavy (non-hydrogen) atoms. The summed E-state index contributed by atoms with van der Waals surface area (Å²) >= 11 is 0. The monoisotopic (exact) mass is 329 g/mol. The van der Waals surface area contributed by atoms with Gasteiger partial charge in [-0.2, -0.15) is 0 Å². The molecule has 4 heteroatoms. The lowest BCUT2D eigenvalue weighted by atomic mass is 9.73. The smallest absolute Gasteiger partial charge is 0.222 e. The van der Waals surface area contributed by atoms with E-state index >= 15 is 0 Å². The molecule has 0 bridgehead atoms. The predicted octanol–water partition coefficient (Wildman–Crippen LogP) is 3.33. The number of hydrogen-bond acceptors (Lipinski definition) is 3. The van der Waals surface area contributed by atoms with E-state index in [1.54, 1.807) is 0 Å². The molecule has 1 spiro atoms. The molecule has 0 aliphatic carbocycles. The third-order valence-corrected chi connectivity index (χ3v) is 5.63. The fraction of sp³-hybridized carbons (Fsp3) is 0.700. The molecule has 0 N–H and O–H groups in total. The number of carbonyl (C=O) groups is 1. The van der Waals surface area contributed by atoms with Crippen molar-refractivity contribution in [1.82, 2.24) is 14.8 Å². The van der Waals surface area contributed by atoms with Crippen LogP contribution in [-0.2, 0) is 11.3 Å². The molecule has 2 aliphatic rings. The molecular weight excluding hydrogens is 298 g/mol. The van der Waals surface area contributed by atoms with Gasteiger partial charge in [0.05, 0.1) is 0 Å². The van der Waals surface area contributed by atoms with Crippen molar-refractivity contribution in [1.29, 1.82) is 0 Å². The first kappa shape index (κ1) is 17.4. The summed E-state index contributed by atoms with van der Waals surface area (Å²) < 4.78 is 0. The third-order valence-electron chi connectivity index (χ3n) is 5.63. The van der Waals surface area contributed by atoms with E-state index in [0.29, 0.717) is 17.7 Å². The number of pyridine rings is 1. The van der Waals surface area contributed by atoms with Gasteiger partial charge in [0, 0.05) is 43.9 Å². The Balaban J connectivity index is 1.63. The molecule has 0 saturated carbocycles. The fourth-order valence-electron chi connectivity index (χ4n) is 4.23. The predicted molar refractivity (Wildman–Crippen MR) is 96.5 cm³/mol. The topological polar surface area (TPSA) is 36.4 Å². The number of aromatic nitrogens is 1. The minimum Gasteiger partial charge on any atom is -0.338 e. The van der Waals surface area contributed by atoms with Gasteiger partial charge in [-0.3, -0.25) is 9.78 Å². The largest absolute Gasteiger partial charge is 0.338 e. The highest BCUT2D eigenvalue weighted by atomic mass is 16.2. The number of nitrogens with zero attached hydrogens (tertiary/aromatic N) is 3. The van der Waals surface area contributed by atoms with Gasteiger partial charge >= 0.3 is 0 Å². The van der Waals surface area contributed by atoms with Crippen LogP contribution in [0.2, 0.25) is 0 Å². The maximum absolute atomic E-state index is 12.4. The van der Waals surface area contributed by atoms with E-state index in [1.807, 2.05) is 24.5 Å². The van der Waals surface area contributed by atoms with Crippen LogP contribution in [0.4, 0.5) is 0 Å². The molecule has 0 aromatic carbocycles. The Labute approximate surface area is 146 Å². The van der Waals surface area contributed by atoms with Gasteiger partial charge in [-0.25, -0.2) is 0 Å². The van der Waals surface area contributed by atoms with Gasteiger partial charge in [0.15, 0.2) is 0 Å². The van der Waals surface area contributed by atoms with Crippen molar-refractivity contribution in [3.05, 3.63) is 30.1 Å². The number of rotatable bonds is 5. The molecule has 2 aliphatic heterocycles. The first-order valence-corrected chi connectivity index (χ1v) is 9.45. The summed E-state index contributed by atoms with van der Waals surface area (Å²) in [7, 11) is 0. The zero-order valence-corrected chi connectivity index (χ0v) is 15.2. The molecule has 1 aromatic heterocycles. The average Bonchev–Trinajstić information content (AvgIpc) is 2.58. The summed E-state index contributed by atoms with van der Waals surface area (Å²) in [6.07, 6.45) is 9.22. The Kier molecular flexibility index (Phi) is 5.54. The Hall–Kier alpha value is -1.42. The Bertz CT molecular complexity index is 545. The summed E-state index contributed by atoms with van der Waals surface area (Å²) in [5, 5.41) is 0. The van der Waals surface area contributed by atoms with Crippen LogP contribution in [0.25, 0.3) is 0 Å². The molecule has 132 valence electrons. The standard InChI is InChI=1S/C20H31N3O/c1-17(2)7-13-22-12-3-8-20(15-22)9-4-19(24)23(16-20)14-18-5-10-21-11-6-18/h5-6,10-11,17H,3-4,7-9,12-16H2,1-2H3. The zero-order valence-electron chi connectivity index (χ0n) is 15.2. The molecule has 1 atom stereocenters. The molecule has 0 radical (unpaired) electrons. The van der Waals surface area contributed by atoms with Gasteiger partial charge in [-0.05, 0) is 62.4 Å². The van der Waals surface area contributed by atoms with Crippen LogP contribution in [0.3, 0.4) is 0 Å². The lowest BCUT2D eigenvalue weighted by molar-refractivity contribution is -0.140. The highest BCUT2D eigenvalue weighted by molar-refractivity contribution is 5.77. The summed E-state index contributed by atoms with van der Waals surface area (Å²) in [6.45, 7) is 9.86. The Morgan fingerprint density at radius 1 is 1.21 bits per heavy atom.